The van der Waals surface area contributed by atoms with Crippen molar-refractivity contribution in [3.63, 3.8) is 0 Å². The SMILES string of the molecule is NC(c1cccc(F)c1F)C1CC2CCC1C2. The van der Waals surface area contributed by atoms with Gasteiger partial charge in [0.05, 0.1) is 0 Å². The van der Waals surface area contributed by atoms with Gasteiger partial charge in [-0.05, 0) is 43.1 Å². The Balaban J connectivity index is 1.86. The largest absolute Gasteiger partial charge is 0.324 e. The van der Waals surface area contributed by atoms with Crippen LogP contribution in [0.4, 0.5) is 8.78 Å². The van der Waals surface area contributed by atoms with Crippen molar-refractivity contribution in [2.75, 3.05) is 0 Å². The number of hydrogen-bond acceptors (Lipinski definition) is 1. The van der Waals surface area contributed by atoms with Gasteiger partial charge in [-0.15, -0.1) is 0 Å². The average molecular weight is 237 g/mol. The monoisotopic (exact) mass is 237 g/mol. The van der Waals surface area contributed by atoms with Gasteiger partial charge in [0.25, 0.3) is 0 Å². The summed E-state index contributed by atoms with van der Waals surface area (Å²) in [6, 6.07) is 3.96. The van der Waals surface area contributed by atoms with Crippen LogP contribution in [0.3, 0.4) is 0 Å². The Morgan fingerprint density at radius 3 is 2.65 bits per heavy atom. The van der Waals surface area contributed by atoms with Crippen LogP contribution in [0.1, 0.15) is 37.3 Å². The molecule has 4 atom stereocenters. The number of benzene rings is 1. The van der Waals surface area contributed by atoms with Gasteiger partial charge < -0.3 is 5.73 Å². The summed E-state index contributed by atoms with van der Waals surface area (Å²) in [5, 5.41) is 0. The van der Waals surface area contributed by atoms with Crippen LogP contribution >= 0.6 is 0 Å². The summed E-state index contributed by atoms with van der Waals surface area (Å²) in [6.45, 7) is 0. The van der Waals surface area contributed by atoms with Crippen LogP contribution in [-0.4, -0.2) is 0 Å². The first-order valence-electron chi connectivity index (χ1n) is 6.36. The Morgan fingerprint density at radius 1 is 1.18 bits per heavy atom. The van der Waals surface area contributed by atoms with Crippen LogP contribution in [0.5, 0.6) is 0 Å². The van der Waals surface area contributed by atoms with E-state index in [9.17, 15) is 8.78 Å². The molecule has 2 N–H and O–H groups in total. The fourth-order valence-electron chi connectivity index (χ4n) is 3.74. The van der Waals surface area contributed by atoms with E-state index in [1.165, 1.54) is 19.3 Å². The van der Waals surface area contributed by atoms with Gasteiger partial charge in [-0.25, -0.2) is 8.78 Å². The van der Waals surface area contributed by atoms with E-state index in [-0.39, 0.29) is 6.04 Å². The molecule has 0 radical (unpaired) electrons. The number of fused-ring (bicyclic) bond motifs is 2. The second kappa shape index (κ2) is 4.05. The number of rotatable bonds is 2. The summed E-state index contributed by atoms with van der Waals surface area (Å²) in [4.78, 5) is 0. The molecule has 3 rings (SSSR count). The summed E-state index contributed by atoms with van der Waals surface area (Å²) in [5.41, 5.74) is 6.50. The maximum absolute atomic E-state index is 13.7. The topological polar surface area (TPSA) is 26.0 Å². The van der Waals surface area contributed by atoms with Crippen molar-refractivity contribution in [2.24, 2.45) is 23.5 Å². The molecule has 3 heteroatoms. The minimum Gasteiger partial charge on any atom is -0.324 e. The molecule has 17 heavy (non-hydrogen) atoms. The summed E-state index contributed by atoms with van der Waals surface area (Å²) in [5.74, 6) is 0.180. The van der Waals surface area contributed by atoms with Gasteiger partial charge in [-0.1, -0.05) is 18.6 Å². The maximum atomic E-state index is 13.7. The molecule has 0 heterocycles. The van der Waals surface area contributed by atoms with E-state index in [1.54, 1.807) is 12.1 Å². The lowest BCUT2D eigenvalue weighted by molar-refractivity contribution is 0.279. The van der Waals surface area contributed by atoms with Crippen molar-refractivity contribution < 1.29 is 8.78 Å². The van der Waals surface area contributed by atoms with Crippen LogP contribution in [0, 0.1) is 29.4 Å². The van der Waals surface area contributed by atoms with Gasteiger partial charge in [0.1, 0.15) is 0 Å². The smallest absolute Gasteiger partial charge is 0.163 e. The third kappa shape index (κ3) is 1.77. The zero-order valence-electron chi connectivity index (χ0n) is 9.70. The van der Waals surface area contributed by atoms with Gasteiger partial charge in [-0.3, -0.25) is 0 Å². The highest BCUT2D eigenvalue weighted by molar-refractivity contribution is 5.23. The fraction of sp³-hybridized carbons (Fsp3) is 0.571. The second-order valence-electron chi connectivity index (χ2n) is 5.51. The predicted octanol–water partition coefficient (Wildman–Crippen LogP) is 3.40. The molecule has 0 saturated heterocycles. The number of nitrogens with two attached hydrogens (primary N) is 1. The Morgan fingerprint density at radius 2 is 2.00 bits per heavy atom. The van der Waals surface area contributed by atoms with E-state index in [1.807, 2.05) is 0 Å². The van der Waals surface area contributed by atoms with Crippen molar-refractivity contribution in [3.05, 3.63) is 35.4 Å². The standard InChI is InChI=1S/C14H17F2N/c15-12-3-1-2-10(13(12)16)14(17)11-7-8-4-5-9(11)6-8/h1-3,8-9,11,14H,4-7,17H2. The van der Waals surface area contributed by atoms with E-state index in [0.717, 1.165) is 18.4 Å². The molecule has 2 aliphatic carbocycles. The molecule has 0 spiro atoms. The molecule has 4 unspecified atom stereocenters. The molecule has 92 valence electrons. The summed E-state index contributed by atoms with van der Waals surface area (Å²) in [7, 11) is 0. The van der Waals surface area contributed by atoms with E-state index >= 15 is 0 Å². The summed E-state index contributed by atoms with van der Waals surface area (Å²) >= 11 is 0. The average Bonchev–Trinajstić information content (AvgIpc) is 2.94. The van der Waals surface area contributed by atoms with Crippen molar-refractivity contribution >= 4 is 0 Å². The first kappa shape index (κ1) is 11.1. The molecule has 0 aliphatic heterocycles. The van der Waals surface area contributed by atoms with Gasteiger partial charge in [-0.2, -0.15) is 0 Å². The van der Waals surface area contributed by atoms with Gasteiger partial charge >= 0.3 is 0 Å². The molecular weight excluding hydrogens is 220 g/mol. The quantitative estimate of drug-likeness (QED) is 0.838. The predicted molar refractivity (Wildman–Crippen MR) is 62.2 cm³/mol. The van der Waals surface area contributed by atoms with Crippen LogP contribution in [0.15, 0.2) is 18.2 Å². The maximum Gasteiger partial charge on any atom is 0.163 e. The molecule has 2 saturated carbocycles. The van der Waals surface area contributed by atoms with Gasteiger partial charge in [0, 0.05) is 11.6 Å². The number of hydrogen-bond donors (Lipinski definition) is 1. The first-order chi connectivity index (χ1) is 8.16. The molecule has 2 bridgehead atoms. The Labute approximate surface area is 100 Å². The van der Waals surface area contributed by atoms with Crippen molar-refractivity contribution in [1.82, 2.24) is 0 Å². The Hall–Kier alpha value is -0.960. The van der Waals surface area contributed by atoms with E-state index in [2.05, 4.69) is 0 Å². The second-order valence-corrected chi connectivity index (χ2v) is 5.51. The molecular formula is C14H17F2N. The molecule has 1 aromatic carbocycles. The zero-order valence-corrected chi connectivity index (χ0v) is 9.70. The lowest BCUT2D eigenvalue weighted by atomic mass is 9.81. The Bertz CT molecular complexity index is 432. The van der Waals surface area contributed by atoms with Crippen LogP contribution < -0.4 is 5.73 Å². The highest BCUT2D eigenvalue weighted by atomic mass is 19.2. The fourth-order valence-corrected chi connectivity index (χ4v) is 3.74. The van der Waals surface area contributed by atoms with Crippen LogP contribution in [0.2, 0.25) is 0 Å². The minimum absolute atomic E-state index is 0.338. The molecule has 2 aliphatic rings. The van der Waals surface area contributed by atoms with Crippen molar-refractivity contribution in [1.29, 1.82) is 0 Å². The highest BCUT2D eigenvalue weighted by Gasteiger charge is 2.43. The van der Waals surface area contributed by atoms with Gasteiger partial charge in [0.2, 0.25) is 0 Å². The number of halogens is 2. The van der Waals surface area contributed by atoms with Gasteiger partial charge in [0.15, 0.2) is 11.6 Å². The third-order valence-corrected chi connectivity index (χ3v) is 4.59. The molecule has 0 amide bonds. The first-order valence-corrected chi connectivity index (χ1v) is 6.36. The van der Waals surface area contributed by atoms with Crippen LogP contribution in [0.25, 0.3) is 0 Å². The highest BCUT2D eigenvalue weighted by Crippen LogP contribution is 2.52. The van der Waals surface area contributed by atoms with Crippen molar-refractivity contribution in [3.8, 4) is 0 Å². The normalized spacial score (nSPS) is 33.0. The lowest BCUT2D eigenvalue weighted by Crippen LogP contribution is -2.27. The van der Waals surface area contributed by atoms with E-state index < -0.39 is 11.6 Å². The van der Waals surface area contributed by atoms with Crippen molar-refractivity contribution in [2.45, 2.75) is 31.7 Å². The Kier molecular flexibility index (Phi) is 2.66. The van der Waals surface area contributed by atoms with E-state index in [4.69, 9.17) is 5.73 Å². The van der Waals surface area contributed by atoms with E-state index in [0.29, 0.717) is 17.4 Å². The molecule has 2 fully saturated rings. The summed E-state index contributed by atoms with van der Waals surface area (Å²) < 4.78 is 26.9. The molecule has 1 nitrogen and oxygen atoms in total. The third-order valence-electron chi connectivity index (χ3n) is 4.59. The lowest BCUT2D eigenvalue weighted by Gasteiger charge is -2.28. The zero-order chi connectivity index (χ0) is 12.0. The molecule has 0 aromatic heterocycles. The van der Waals surface area contributed by atoms with Crippen LogP contribution in [-0.2, 0) is 0 Å². The summed E-state index contributed by atoms with van der Waals surface area (Å²) in [6.07, 6.45) is 4.82. The molecule has 1 aromatic rings. The minimum atomic E-state index is -0.791.